The first-order valence-corrected chi connectivity index (χ1v) is 19.4. The zero-order valence-corrected chi connectivity index (χ0v) is 34.3. The van der Waals surface area contributed by atoms with Gasteiger partial charge in [-0.05, 0) is 42.6 Å². The Hall–Kier alpha value is -5.34. The topological polar surface area (TPSA) is 349 Å². The number of amides is 7. The van der Waals surface area contributed by atoms with Crippen LogP contribution in [-0.4, -0.2) is 120 Å². The number of benzene rings is 1. The maximum absolute atomic E-state index is 14.0. The maximum atomic E-state index is 14.0. The Morgan fingerprint density at radius 1 is 0.655 bits per heavy atom. The zero-order chi connectivity index (χ0) is 44.1. The number of nitrogens with zero attached hydrogens (tertiary/aromatic N) is 1. The molecule has 58 heavy (non-hydrogen) atoms. The van der Waals surface area contributed by atoms with Crippen LogP contribution in [0.1, 0.15) is 72.8 Å². The molecular formula is C38H65N11O9. The van der Waals surface area contributed by atoms with E-state index in [1.807, 2.05) is 20.8 Å². The lowest BCUT2D eigenvalue weighted by molar-refractivity contribution is -0.136. The highest BCUT2D eigenvalue weighted by Crippen LogP contribution is 2.11. The van der Waals surface area contributed by atoms with Crippen LogP contribution in [0.15, 0.2) is 35.3 Å². The molecule has 0 heterocycles. The highest BCUT2D eigenvalue weighted by molar-refractivity contribution is 5.97. The number of nitrogens with two attached hydrogens (primary N) is 4. The third-order valence-corrected chi connectivity index (χ3v) is 9.25. The van der Waals surface area contributed by atoms with Crippen LogP contribution in [0.25, 0.3) is 0 Å². The third kappa shape index (κ3) is 17.9. The van der Waals surface area contributed by atoms with E-state index in [-0.39, 0.29) is 43.6 Å². The molecule has 16 N–H and O–H groups in total. The lowest BCUT2D eigenvalue weighted by Crippen LogP contribution is -2.61. The van der Waals surface area contributed by atoms with Gasteiger partial charge < -0.3 is 65.0 Å². The van der Waals surface area contributed by atoms with E-state index in [2.05, 4.69) is 36.9 Å². The van der Waals surface area contributed by atoms with Gasteiger partial charge in [-0.25, -0.2) is 0 Å². The van der Waals surface area contributed by atoms with Crippen LogP contribution in [0.4, 0.5) is 0 Å². The average molecular weight is 820 g/mol. The number of hydrogen-bond acceptors (Lipinski definition) is 11. The van der Waals surface area contributed by atoms with E-state index in [9.17, 15) is 43.8 Å². The molecule has 8 atom stereocenters. The number of aliphatic hydroxyl groups excluding tert-OH is 2. The first-order chi connectivity index (χ1) is 27.2. The fourth-order valence-corrected chi connectivity index (χ4v) is 5.69. The Kier molecular flexibility index (Phi) is 22.6. The molecule has 1 aromatic carbocycles. The Labute approximate surface area is 339 Å². The van der Waals surface area contributed by atoms with Crippen LogP contribution in [-0.2, 0) is 40.0 Å². The summed E-state index contributed by atoms with van der Waals surface area (Å²) in [5.74, 6) is -6.64. The Bertz CT molecular complexity index is 1540. The van der Waals surface area contributed by atoms with Gasteiger partial charge in [0.1, 0.15) is 36.3 Å². The smallest absolute Gasteiger partial charge is 0.245 e. The summed E-state index contributed by atoms with van der Waals surface area (Å²) >= 11 is 0. The monoisotopic (exact) mass is 819 g/mol. The Balaban J connectivity index is 3.32. The molecule has 0 unspecified atom stereocenters. The van der Waals surface area contributed by atoms with Gasteiger partial charge in [-0.2, -0.15) is 0 Å². The number of hydrogen-bond donors (Lipinski definition) is 12. The lowest BCUT2D eigenvalue weighted by atomic mass is 9.97. The first-order valence-electron chi connectivity index (χ1n) is 19.4. The number of carbonyl (C=O) groups is 7. The normalized spacial score (nSPS) is 15.3. The molecule has 0 fully saturated rings. The fourth-order valence-electron chi connectivity index (χ4n) is 5.69. The first kappa shape index (κ1) is 50.7. The van der Waals surface area contributed by atoms with Gasteiger partial charge in [-0.1, -0.05) is 78.3 Å². The largest absolute Gasteiger partial charge is 0.394 e. The van der Waals surface area contributed by atoms with Gasteiger partial charge in [-0.3, -0.25) is 38.6 Å². The second kappa shape index (κ2) is 25.8. The van der Waals surface area contributed by atoms with Crippen molar-refractivity contribution in [3.63, 3.8) is 0 Å². The van der Waals surface area contributed by atoms with Gasteiger partial charge in [0.25, 0.3) is 0 Å². The summed E-state index contributed by atoms with van der Waals surface area (Å²) in [5, 5.41) is 35.0. The zero-order valence-electron chi connectivity index (χ0n) is 34.3. The molecule has 0 aliphatic rings. The van der Waals surface area contributed by atoms with Gasteiger partial charge >= 0.3 is 0 Å². The number of aliphatic imine (C=N–C) groups is 1. The molecule has 0 saturated heterocycles. The van der Waals surface area contributed by atoms with Crippen molar-refractivity contribution in [2.45, 2.75) is 116 Å². The Morgan fingerprint density at radius 2 is 1.14 bits per heavy atom. The SMILES string of the molecule is CC[C@H](C)[C@H](NC(=O)[C@H](CCCN=C(N)N)NC(=O)[C@H](NC(=O)[C@H](Cc1ccccc1)NC(=O)[C@H](CO)NC(=O)[C@H](CO)NC(=O)[C@H](N)CC(C)C)C(C)C)C(N)=O. The van der Waals surface area contributed by atoms with Crippen LogP contribution in [0.3, 0.4) is 0 Å². The van der Waals surface area contributed by atoms with Crippen LogP contribution >= 0.6 is 0 Å². The standard InChI is InChI=1S/C38H65N11O9/c1-7-22(6)30(31(40)52)49-33(54)25(14-11-15-43-38(41)42)44-37(58)29(21(4)5)48-34(55)26(17-23-12-9-8-10-13-23)45-35(56)28(19-51)47-36(57)27(18-50)46-32(53)24(39)16-20(2)3/h8-10,12-13,20-22,24-30,50-51H,7,11,14-19,39H2,1-6H3,(H2,40,52)(H,44,58)(H,45,56)(H,46,53)(H,47,57)(H,48,55)(H,49,54)(H4,41,42,43)/t22-,24+,25-,26-,27-,28-,29+,30-/m0/s1. The molecule has 0 spiro atoms. The fraction of sp³-hybridized carbons (Fsp3) is 0.632. The van der Waals surface area contributed by atoms with E-state index in [1.165, 1.54) is 0 Å². The summed E-state index contributed by atoms with van der Waals surface area (Å²) in [6, 6.07) is -0.341. The van der Waals surface area contributed by atoms with Gasteiger partial charge in [-0.15, -0.1) is 0 Å². The minimum absolute atomic E-state index is 0.0473. The highest BCUT2D eigenvalue weighted by Gasteiger charge is 2.35. The van der Waals surface area contributed by atoms with Gasteiger partial charge in [0.15, 0.2) is 5.96 Å². The van der Waals surface area contributed by atoms with Crippen molar-refractivity contribution in [1.82, 2.24) is 31.9 Å². The van der Waals surface area contributed by atoms with E-state index in [0.717, 1.165) is 0 Å². The number of primary amides is 1. The maximum Gasteiger partial charge on any atom is 0.245 e. The highest BCUT2D eigenvalue weighted by atomic mass is 16.3. The molecule has 0 bridgehead atoms. The van der Waals surface area contributed by atoms with Crippen molar-refractivity contribution in [3.8, 4) is 0 Å². The summed E-state index contributed by atoms with van der Waals surface area (Å²) in [7, 11) is 0. The molecular weight excluding hydrogens is 754 g/mol. The predicted molar refractivity (Wildman–Crippen MR) is 217 cm³/mol. The molecule has 326 valence electrons. The third-order valence-electron chi connectivity index (χ3n) is 9.25. The second-order valence-electron chi connectivity index (χ2n) is 15.0. The molecule has 7 amide bonds. The van der Waals surface area contributed by atoms with Crippen LogP contribution in [0.5, 0.6) is 0 Å². The number of guanidine groups is 1. The second-order valence-corrected chi connectivity index (χ2v) is 15.0. The molecule has 20 heteroatoms. The average Bonchev–Trinajstić information content (AvgIpc) is 3.16. The van der Waals surface area contributed by atoms with Crippen LogP contribution in [0.2, 0.25) is 0 Å². The molecule has 0 saturated carbocycles. The quantitative estimate of drug-likeness (QED) is 0.0249. The summed E-state index contributed by atoms with van der Waals surface area (Å²) in [6.07, 6.45) is 1.05. The number of nitrogens with one attached hydrogen (secondary N) is 6. The number of carbonyl (C=O) groups excluding carboxylic acids is 7. The van der Waals surface area contributed by atoms with Crippen molar-refractivity contribution in [2.75, 3.05) is 19.8 Å². The minimum Gasteiger partial charge on any atom is -0.394 e. The Morgan fingerprint density at radius 3 is 1.62 bits per heavy atom. The minimum atomic E-state index is -1.63. The summed E-state index contributed by atoms with van der Waals surface area (Å²) in [4.78, 5) is 96.4. The van der Waals surface area contributed by atoms with Gasteiger partial charge in [0.05, 0.1) is 19.3 Å². The van der Waals surface area contributed by atoms with Crippen LogP contribution < -0.4 is 54.8 Å². The van der Waals surface area contributed by atoms with E-state index in [0.29, 0.717) is 18.4 Å². The molecule has 1 aromatic rings. The summed E-state index contributed by atoms with van der Waals surface area (Å²) in [6.45, 7) is 8.94. The predicted octanol–water partition coefficient (Wildman–Crippen LogP) is -3.26. The number of aliphatic hydroxyl groups is 2. The van der Waals surface area contributed by atoms with Crippen molar-refractivity contribution in [3.05, 3.63) is 35.9 Å². The van der Waals surface area contributed by atoms with Gasteiger partial charge in [0, 0.05) is 13.0 Å². The van der Waals surface area contributed by atoms with Crippen molar-refractivity contribution < 1.29 is 43.8 Å². The summed E-state index contributed by atoms with van der Waals surface area (Å²) in [5.41, 5.74) is 22.9. The summed E-state index contributed by atoms with van der Waals surface area (Å²) < 4.78 is 0. The molecule has 0 aliphatic heterocycles. The van der Waals surface area contributed by atoms with Crippen molar-refractivity contribution in [1.29, 1.82) is 0 Å². The molecule has 1 rings (SSSR count). The van der Waals surface area contributed by atoms with Crippen molar-refractivity contribution >= 4 is 47.3 Å². The van der Waals surface area contributed by atoms with E-state index in [4.69, 9.17) is 22.9 Å². The van der Waals surface area contributed by atoms with E-state index >= 15 is 0 Å². The van der Waals surface area contributed by atoms with E-state index < -0.39 is 103 Å². The number of rotatable bonds is 26. The van der Waals surface area contributed by atoms with E-state index in [1.54, 1.807) is 51.1 Å². The molecule has 20 nitrogen and oxygen atoms in total. The van der Waals surface area contributed by atoms with Crippen LogP contribution in [0, 0.1) is 17.8 Å². The van der Waals surface area contributed by atoms with Crippen molar-refractivity contribution in [2.24, 2.45) is 45.7 Å². The molecule has 0 aliphatic carbocycles. The lowest BCUT2D eigenvalue weighted by Gasteiger charge is -2.29. The molecule has 0 radical (unpaired) electrons. The van der Waals surface area contributed by atoms with Gasteiger partial charge in [0.2, 0.25) is 41.4 Å². The molecule has 0 aromatic heterocycles.